The molecule has 196 valence electrons. The molecular formula is C32H44O4. The summed E-state index contributed by atoms with van der Waals surface area (Å²) in [5, 5.41) is 0. The van der Waals surface area contributed by atoms with Crippen LogP contribution in [0.5, 0.6) is 5.75 Å². The predicted octanol–water partition coefficient (Wildman–Crippen LogP) is 8.35. The predicted molar refractivity (Wildman–Crippen MR) is 146 cm³/mol. The van der Waals surface area contributed by atoms with Crippen molar-refractivity contribution in [1.29, 1.82) is 0 Å². The van der Waals surface area contributed by atoms with Gasteiger partial charge in [-0.15, -0.1) is 0 Å². The summed E-state index contributed by atoms with van der Waals surface area (Å²) in [4.78, 5) is 25.3. The van der Waals surface area contributed by atoms with E-state index in [1.165, 1.54) is 63.4 Å². The molecule has 0 radical (unpaired) electrons. The first-order valence-electron chi connectivity index (χ1n) is 14.1. The number of ether oxygens (including phenoxy) is 2. The molecular weight excluding hydrogens is 448 g/mol. The summed E-state index contributed by atoms with van der Waals surface area (Å²) < 4.78 is 11.3. The van der Waals surface area contributed by atoms with Crippen molar-refractivity contribution in [1.82, 2.24) is 0 Å². The Morgan fingerprint density at radius 3 is 2.14 bits per heavy atom. The average molecular weight is 493 g/mol. The molecule has 1 aliphatic heterocycles. The minimum atomic E-state index is -0.649. The van der Waals surface area contributed by atoms with E-state index < -0.39 is 5.41 Å². The zero-order chi connectivity index (χ0) is 25.8. The van der Waals surface area contributed by atoms with Crippen molar-refractivity contribution >= 4 is 11.9 Å². The molecule has 0 saturated carbocycles. The molecule has 4 heteroatoms. The maximum Gasteiger partial charge on any atom is 0.343 e. The lowest BCUT2D eigenvalue weighted by atomic mass is 9.79. The monoisotopic (exact) mass is 492 g/mol. The van der Waals surface area contributed by atoms with Gasteiger partial charge in [0, 0.05) is 6.42 Å². The van der Waals surface area contributed by atoms with Crippen molar-refractivity contribution in [3.8, 4) is 5.75 Å². The second-order valence-corrected chi connectivity index (χ2v) is 10.5. The summed E-state index contributed by atoms with van der Waals surface area (Å²) in [6, 6.07) is 15.0. The number of esters is 2. The SMILES string of the molecule is CCCCCCCCc1ccc(C(=O)Oc2ccc([C@]3(C)C[C@@H](CCCCCC)OC3=O)cc2)cc1. The van der Waals surface area contributed by atoms with Crippen molar-refractivity contribution in [3.05, 3.63) is 65.2 Å². The Balaban J connectivity index is 1.49. The fourth-order valence-corrected chi connectivity index (χ4v) is 5.03. The van der Waals surface area contributed by atoms with E-state index in [0.717, 1.165) is 24.8 Å². The van der Waals surface area contributed by atoms with Crippen molar-refractivity contribution in [2.45, 2.75) is 116 Å². The van der Waals surface area contributed by atoms with Crippen LogP contribution < -0.4 is 4.74 Å². The third-order valence-corrected chi connectivity index (χ3v) is 7.45. The number of carbonyl (C=O) groups excluding carboxylic acids is 2. The van der Waals surface area contributed by atoms with Gasteiger partial charge in [0.15, 0.2) is 0 Å². The van der Waals surface area contributed by atoms with Crippen LogP contribution in [0.4, 0.5) is 0 Å². The third kappa shape index (κ3) is 7.94. The lowest BCUT2D eigenvalue weighted by Gasteiger charge is -2.20. The highest BCUT2D eigenvalue weighted by atomic mass is 16.6. The van der Waals surface area contributed by atoms with E-state index >= 15 is 0 Å². The van der Waals surface area contributed by atoms with Crippen LogP contribution in [-0.2, 0) is 21.4 Å². The van der Waals surface area contributed by atoms with Gasteiger partial charge in [-0.3, -0.25) is 4.79 Å². The van der Waals surface area contributed by atoms with Gasteiger partial charge in [0.25, 0.3) is 0 Å². The van der Waals surface area contributed by atoms with Gasteiger partial charge in [0.1, 0.15) is 11.9 Å². The molecule has 0 aliphatic carbocycles. The van der Waals surface area contributed by atoms with E-state index in [1.54, 1.807) is 12.1 Å². The van der Waals surface area contributed by atoms with Gasteiger partial charge in [0.2, 0.25) is 0 Å². The molecule has 36 heavy (non-hydrogen) atoms. The summed E-state index contributed by atoms with van der Waals surface area (Å²) >= 11 is 0. The van der Waals surface area contributed by atoms with Crippen LogP contribution in [0.3, 0.4) is 0 Å². The van der Waals surface area contributed by atoms with Crippen LogP contribution in [0.15, 0.2) is 48.5 Å². The van der Waals surface area contributed by atoms with E-state index in [4.69, 9.17) is 9.47 Å². The Kier molecular flexibility index (Phi) is 11.0. The van der Waals surface area contributed by atoms with Gasteiger partial charge in [-0.25, -0.2) is 4.79 Å². The van der Waals surface area contributed by atoms with E-state index in [0.29, 0.717) is 17.7 Å². The van der Waals surface area contributed by atoms with Gasteiger partial charge in [0.05, 0.1) is 11.0 Å². The van der Waals surface area contributed by atoms with E-state index in [-0.39, 0.29) is 18.0 Å². The Morgan fingerprint density at radius 1 is 0.861 bits per heavy atom. The highest BCUT2D eigenvalue weighted by Gasteiger charge is 2.46. The second-order valence-electron chi connectivity index (χ2n) is 10.5. The van der Waals surface area contributed by atoms with E-state index in [1.807, 2.05) is 43.3 Å². The first-order chi connectivity index (χ1) is 17.5. The van der Waals surface area contributed by atoms with Crippen LogP contribution in [0, 0.1) is 0 Å². The minimum Gasteiger partial charge on any atom is -0.462 e. The molecule has 2 aromatic rings. The Bertz CT molecular complexity index is 947. The molecule has 3 rings (SSSR count). The molecule has 1 aliphatic rings. The zero-order valence-corrected chi connectivity index (χ0v) is 22.5. The van der Waals surface area contributed by atoms with Crippen molar-refractivity contribution in [3.63, 3.8) is 0 Å². The molecule has 0 spiro atoms. The highest BCUT2D eigenvalue weighted by Crippen LogP contribution is 2.39. The molecule has 0 unspecified atom stereocenters. The maximum absolute atomic E-state index is 12.7. The van der Waals surface area contributed by atoms with Gasteiger partial charge in [-0.1, -0.05) is 89.5 Å². The topological polar surface area (TPSA) is 52.6 Å². The Labute approximate surface area is 217 Å². The summed E-state index contributed by atoms with van der Waals surface area (Å²) in [6.45, 7) is 6.39. The highest BCUT2D eigenvalue weighted by molar-refractivity contribution is 5.91. The summed E-state index contributed by atoms with van der Waals surface area (Å²) in [6.07, 6.45) is 15.0. The summed E-state index contributed by atoms with van der Waals surface area (Å²) in [5.41, 5.74) is 2.06. The van der Waals surface area contributed by atoms with Crippen molar-refractivity contribution < 1.29 is 19.1 Å². The third-order valence-electron chi connectivity index (χ3n) is 7.45. The molecule has 1 heterocycles. The zero-order valence-electron chi connectivity index (χ0n) is 22.5. The number of aryl methyl sites for hydroxylation is 1. The van der Waals surface area contributed by atoms with E-state index in [2.05, 4.69) is 13.8 Å². The fourth-order valence-electron chi connectivity index (χ4n) is 5.03. The number of unbranched alkanes of at least 4 members (excludes halogenated alkanes) is 8. The normalized spacial score (nSPS) is 19.3. The summed E-state index contributed by atoms with van der Waals surface area (Å²) in [5.74, 6) is -0.0488. The van der Waals surface area contributed by atoms with Gasteiger partial charge in [-0.05, 0) is 68.0 Å². The van der Waals surface area contributed by atoms with Crippen LogP contribution in [0.1, 0.15) is 119 Å². The Hall–Kier alpha value is -2.62. The second kappa shape index (κ2) is 14.2. The molecule has 1 fully saturated rings. The summed E-state index contributed by atoms with van der Waals surface area (Å²) in [7, 11) is 0. The van der Waals surface area contributed by atoms with Crippen molar-refractivity contribution in [2.24, 2.45) is 0 Å². The number of rotatable bonds is 15. The van der Waals surface area contributed by atoms with Crippen LogP contribution in [0.2, 0.25) is 0 Å². The average Bonchev–Trinajstić information content (AvgIpc) is 3.18. The molecule has 0 N–H and O–H groups in total. The lowest BCUT2D eigenvalue weighted by molar-refractivity contribution is -0.145. The maximum atomic E-state index is 12.7. The minimum absolute atomic E-state index is 0.0131. The quantitative estimate of drug-likeness (QED) is 0.142. The smallest absolute Gasteiger partial charge is 0.343 e. The van der Waals surface area contributed by atoms with Crippen LogP contribution >= 0.6 is 0 Å². The Morgan fingerprint density at radius 2 is 1.47 bits per heavy atom. The number of carbonyl (C=O) groups is 2. The van der Waals surface area contributed by atoms with Crippen LogP contribution in [0.25, 0.3) is 0 Å². The lowest BCUT2D eigenvalue weighted by Crippen LogP contribution is -2.27. The first-order valence-corrected chi connectivity index (χ1v) is 14.1. The standard InChI is InChI=1S/C32H44O4/c1-4-6-8-10-11-12-14-25-16-18-26(19-17-25)30(33)35-28-22-20-27(21-23-28)32(3)24-29(36-31(32)34)15-13-9-7-5-2/h16-23,29H,4-15,24H2,1-3H3/t29-,32+/m1/s1. The van der Waals surface area contributed by atoms with E-state index in [9.17, 15) is 9.59 Å². The number of hydrogen-bond acceptors (Lipinski definition) is 4. The van der Waals surface area contributed by atoms with Crippen LogP contribution in [-0.4, -0.2) is 18.0 Å². The molecule has 2 atom stereocenters. The molecule has 0 amide bonds. The molecule has 0 aromatic heterocycles. The number of benzene rings is 2. The number of cyclic esters (lactones) is 1. The van der Waals surface area contributed by atoms with Crippen molar-refractivity contribution in [2.75, 3.05) is 0 Å². The molecule has 0 bridgehead atoms. The largest absolute Gasteiger partial charge is 0.462 e. The fraction of sp³-hybridized carbons (Fsp3) is 0.562. The van der Waals surface area contributed by atoms with Gasteiger partial charge >= 0.3 is 11.9 Å². The van der Waals surface area contributed by atoms with Gasteiger partial charge in [-0.2, -0.15) is 0 Å². The number of hydrogen-bond donors (Lipinski definition) is 0. The first kappa shape index (κ1) is 28.0. The van der Waals surface area contributed by atoms with Gasteiger partial charge < -0.3 is 9.47 Å². The molecule has 1 saturated heterocycles. The molecule has 2 aromatic carbocycles. The molecule has 4 nitrogen and oxygen atoms in total.